The van der Waals surface area contributed by atoms with Gasteiger partial charge in [-0.05, 0) is 0 Å². The zero-order valence-electron chi connectivity index (χ0n) is 8.54. The van der Waals surface area contributed by atoms with Gasteiger partial charge in [-0.15, -0.1) is 0 Å². The van der Waals surface area contributed by atoms with E-state index in [1.165, 1.54) is 19.3 Å². The third kappa shape index (κ3) is 2.01. The van der Waals surface area contributed by atoms with Crippen molar-refractivity contribution in [1.29, 1.82) is 0 Å². The average Bonchev–Trinajstić information content (AvgIpc) is 1.87. The molecule has 0 unspecified atom stereocenters. The third-order valence-electron chi connectivity index (χ3n) is 3.77. The SMILES string of the molecule is C[C](C)(C)[Ge]1([CH3])[CH2]CCC[CH2]1. The van der Waals surface area contributed by atoms with Gasteiger partial charge in [-0.2, -0.15) is 0 Å². The molecule has 0 saturated carbocycles. The van der Waals surface area contributed by atoms with Crippen molar-refractivity contribution in [2.45, 2.75) is 60.5 Å². The van der Waals surface area contributed by atoms with E-state index in [1.54, 1.807) is 10.5 Å². The van der Waals surface area contributed by atoms with Crippen molar-refractivity contribution in [2.24, 2.45) is 0 Å². The zero-order chi connectivity index (χ0) is 8.54. The fourth-order valence-electron chi connectivity index (χ4n) is 2.08. The van der Waals surface area contributed by atoms with Gasteiger partial charge in [0.2, 0.25) is 0 Å². The van der Waals surface area contributed by atoms with E-state index in [0.717, 1.165) is 0 Å². The van der Waals surface area contributed by atoms with Crippen LogP contribution in [0.25, 0.3) is 0 Å². The Morgan fingerprint density at radius 1 is 0.909 bits per heavy atom. The molecule has 0 aliphatic carbocycles. The van der Waals surface area contributed by atoms with Crippen LogP contribution in [-0.2, 0) is 0 Å². The topological polar surface area (TPSA) is 0 Å². The summed E-state index contributed by atoms with van der Waals surface area (Å²) in [5.74, 6) is 2.65. The van der Waals surface area contributed by atoms with Gasteiger partial charge in [-0.1, -0.05) is 0 Å². The van der Waals surface area contributed by atoms with Crippen molar-refractivity contribution in [3.05, 3.63) is 0 Å². The molecule has 0 amide bonds. The molecule has 1 rings (SSSR count). The van der Waals surface area contributed by atoms with Gasteiger partial charge in [-0.25, -0.2) is 0 Å². The summed E-state index contributed by atoms with van der Waals surface area (Å²) >= 11 is -1.35. The molecule has 0 nitrogen and oxygen atoms in total. The number of hydrogen-bond donors (Lipinski definition) is 0. The maximum atomic E-state index is 2.65. The Morgan fingerprint density at radius 2 is 1.36 bits per heavy atom. The Hall–Kier alpha value is 0.543. The Labute approximate surface area is 74.1 Å². The standard InChI is InChI=1S/C10H22Ge/c1-10(2,3)11(4)8-6-5-7-9-11/h5-9H2,1-4H3. The molecule has 1 aliphatic heterocycles. The molecular weight excluding hydrogens is 193 g/mol. The summed E-state index contributed by atoms with van der Waals surface area (Å²) in [5, 5.41) is 3.26. The summed E-state index contributed by atoms with van der Waals surface area (Å²) in [4.78, 5) is 0. The Kier molecular flexibility index (Phi) is 2.73. The van der Waals surface area contributed by atoms with Gasteiger partial charge in [0.1, 0.15) is 0 Å². The van der Waals surface area contributed by atoms with Crippen LogP contribution in [0.15, 0.2) is 0 Å². The van der Waals surface area contributed by atoms with Crippen LogP contribution >= 0.6 is 0 Å². The minimum absolute atomic E-state index is 0.695. The van der Waals surface area contributed by atoms with Gasteiger partial charge in [0.05, 0.1) is 0 Å². The van der Waals surface area contributed by atoms with Gasteiger partial charge in [0.25, 0.3) is 0 Å². The fourth-order valence-corrected chi connectivity index (χ4v) is 10.1. The summed E-state index contributed by atoms with van der Waals surface area (Å²) in [5.41, 5.74) is 0. The van der Waals surface area contributed by atoms with Gasteiger partial charge in [0, 0.05) is 0 Å². The van der Waals surface area contributed by atoms with Crippen molar-refractivity contribution in [3.63, 3.8) is 0 Å². The number of rotatable bonds is 0. The van der Waals surface area contributed by atoms with Crippen molar-refractivity contribution < 1.29 is 0 Å². The first-order valence-corrected chi connectivity index (χ1v) is 11.1. The maximum absolute atomic E-state index is 2.65. The van der Waals surface area contributed by atoms with E-state index in [-0.39, 0.29) is 0 Å². The second-order valence-electron chi connectivity index (χ2n) is 5.37. The molecule has 0 N–H and O–H groups in total. The Morgan fingerprint density at radius 3 is 1.64 bits per heavy atom. The molecule has 1 heteroatoms. The average molecular weight is 215 g/mol. The Balaban J connectivity index is 2.64. The van der Waals surface area contributed by atoms with Gasteiger partial charge >= 0.3 is 73.8 Å². The van der Waals surface area contributed by atoms with E-state index in [2.05, 4.69) is 26.5 Å². The van der Waals surface area contributed by atoms with Crippen LogP contribution in [0.5, 0.6) is 0 Å². The molecule has 66 valence electrons. The van der Waals surface area contributed by atoms with Crippen molar-refractivity contribution in [1.82, 2.24) is 0 Å². The fraction of sp³-hybridized carbons (Fsp3) is 1.00. The van der Waals surface area contributed by atoms with Crippen LogP contribution in [0.3, 0.4) is 0 Å². The molecule has 0 radical (unpaired) electrons. The quantitative estimate of drug-likeness (QED) is 0.534. The van der Waals surface area contributed by atoms with Crippen LogP contribution < -0.4 is 0 Å². The molecular formula is C10H22Ge. The van der Waals surface area contributed by atoms with Crippen molar-refractivity contribution in [2.75, 3.05) is 0 Å². The molecule has 0 aromatic carbocycles. The Bertz CT molecular complexity index is 126. The second kappa shape index (κ2) is 3.12. The summed E-state index contributed by atoms with van der Waals surface area (Å²) in [6.45, 7) is 7.41. The zero-order valence-corrected chi connectivity index (χ0v) is 10.6. The van der Waals surface area contributed by atoms with Crippen LogP contribution in [0, 0.1) is 0 Å². The van der Waals surface area contributed by atoms with E-state index in [1.807, 2.05) is 0 Å². The predicted octanol–water partition coefficient (Wildman–Crippen LogP) is 4.05. The molecule has 0 atom stereocenters. The monoisotopic (exact) mass is 216 g/mol. The molecule has 1 fully saturated rings. The summed E-state index contributed by atoms with van der Waals surface area (Å²) in [7, 11) is 0. The number of hydrogen-bond acceptors (Lipinski definition) is 0. The molecule has 0 aromatic rings. The second-order valence-corrected chi connectivity index (χ2v) is 17.2. The minimum atomic E-state index is -1.35. The third-order valence-corrected chi connectivity index (χ3v) is 17.5. The molecule has 11 heavy (non-hydrogen) atoms. The van der Waals surface area contributed by atoms with Crippen LogP contribution in [0.1, 0.15) is 40.0 Å². The molecule has 0 bridgehead atoms. The first-order chi connectivity index (χ1) is 4.96. The van der Waals surface area contributed by atoms with Gasteiger partial charge in [0.15, 0.2) is 0 Å². The summed E-state index contributed by atoms with van der Waals surface area (Å²) < 4.78 is 0.695. The van der Waals surface area contributed by atoms with Crippen LogP contribution in [0.2, 0.25) is 20.5 Å². The molecule has 0 spiro atoms. The van der Waals surface area contributed by atoms with Crippen molar-refractivity contribution >= 4 is 13.3 Å². The van der Waals surface area contributed by atoms with E-state index >= 15 is 0 Å². The molecule has 1 saturated heterocycles. The van der Waals surface area contributed by atoms with Crippen molar-refractivity contribution in [3.8, 4) is 0 Å². The van der Waals surface area contributed by atoms with Crippen LogP contribution in [0.4, 0.5) is 0 Å². The predicted molar refractivity (Wildman–Crippen MR) is 54.8 cm³/mol. The van der Waals surface area contributed by atoms with Gasteiger partial charge < -0.3 is 0 Å². The van der Waals surface area contributed by atoms with E-state index in [4.69, 9.17) is 0 Å². The molecule has 1 aliphatic rings. The first-order valence-electron chi connectivity index (χ1n) is 4.96. The van der Waals surface area contributed by atoms with E-state index in [0.29, 0.717) is 4.25 Å². The van der Waals surface area contributed by atoms with Gasteiger partial charge in [-0.3, -0.25) is 0 Å². The summed E-state index contributed by atoms with van der Waals surface area (Å²) in [6, 6.07) is 0. The summed E-state index contributed by atoms with van der Waals surface area (Å²) in [6.07, 6.45) is 4.58. The van der Waals surface area contributed by atoms with E-state index < -0.39 is 13.3 Å². The first kappa shape index (κ1) is 9.63. The molecule has 0 aromatic heterocycles. The van der Waals surface area contributed by atoms with E-state index in [9.17, 15) is 0 Å². The normalized spacial score (nSPS) is 25.1. The molecule has 1 heterocycles. The van der Waals surface area contributed by atoms with Crippen LogP contribution in [-0.4, -0.2) is 13.3 Å².